The summed E-state index contributed by atoms with van der Waals surface area (Å²) >= 11 is 0. The molecule has 0 aliphatic rings. The first-order valence-corrected chi connectivity index (χ1v) is 3.63. The summed E-state index contributed by atoms with van der Waals surface area (Å²) in [7, 11) is 0. The zero-order valence-corrected chi connectivity index (χ0v) is 7.20. The van der Waals surface area contributed by atoms with Gasteiger partial charge in [-0.1, -0.05) is 23.8 Å². The Morgan fingerprint density at radius 2 is 2.00 bits per heavy atom. The van der Waals surface area contributed by atoms with E-state index in [0.717, 1.165) is 12.5 Å². The average Bonchev–Trinajstić information content (AvgIpc) is 1.85. The summed E-state index contributed by atoms with van der Waals surface area (Å²) in [6, 6.07) is 0. The lowest BCUT2D eigenvalue weighted by Crippen LogP contribution is -2.06. The SMILES string of the molecule is C/C=C(C)\C=C/CC(C)(F)F. The Kier molecular flexibility index (Phi) is 4.01. The van der Waals surface area contributed by atoms with Crippen molar-refractivity contribution in [2.75, 3.05) is 0 Å². The minimum atomic E-state index is -2.58. The minimum absolute atomic E-state index is 0.182. The Hall–Kier alpha value is -0.660. The summed E-state index contributed by atoms with van der Waals surface area (Å²) in [6.07, 6.45) is 4.90. The standard InChI is InChI=1S/C9H14F2/c1-4-8(2)6-5-7-9(3,10)11/h4-6H,7H2,1-3H3/b6-5-,8-4-. The van der Waals surface area contributed by atoms with Crippen LogP contribution in [0.4, 0.5) is 8.78 Å². The van der Waals surface area contributed by atoms with Crippen LogP contribution in [-0.2, 0) is 0 Å². The lowest BCUT2D eigenvalue weighted by molar-refractivity contribution is 0.0255. The molecule has 0 spiro atoms. The molecule has 0 aromatic carbocycles. The molecule has 0 aromatic heterocycles. The molecule has 0 nitrogen and oxygen atoms in total. The molecular weight excluding hydrogens is 146 g/mol. The molecule has 0 radical (unpaired) electrons. The third-order valence-corrected chi connectivity index (χ3v) is 1.31. The van der Waals surface area contributed by atoms with Gasteiger partial charge in [-0.25, -0.2) is 8.78 Å². The predicted octanol–water partition coefficient (Wildman–Crippen LogP) is 3.55. The first kappa shape index (κ1) is 10.3. The second-order valence-electron chi connectivity index (χ2n) is 2.71. The number of halogens is 2. The zero-order valence-electron chi connectivity index (χ0n) is 7.20. The van der Waals surface area contributed by atoms with Crippen LogP contribution < -0.4 is 0 Å². The van der Waals surface area contributed by atoms with E-state index in [1.54, 1.807) is 6.08 Å². The zero-order chi connectivity index (χ0) is 8.91. The smallest absolute Gasteiger partial charge is 0.207 e. The maximum absolute atomic E-state index is 12.2. The number of rotatable bonds is 3. The number of alkyl halides is 2. The Labute approximate surface area is 66.6 Å². The quantitative estimate of drug-likeness (QED) is 0.554. The molecule has 11 heavy (non-hydrogen) atoms. The van der Waals surface area contributed by atoms with Crippen molar-refractivity contribution in [2.24, 2.45) is 0 Å². The normalized spacial score (nSPS) is 14.5. The lowest BCUT2D eigenvalue weighted by Gasteiger charge is -2.04. The predicted molar refractivity (Wildman–Crippen MR) is 43.8 cm³/mol. The molecular formula is C9H14F2. The summed E-state index contributed by atoms with van der Waals surface area (Å²) in [5, 5.41) is 0. The van der Waals surface area contributed by atoms with Crippen molar-refractivity contribution in [2.45, 2.75) is 33.1 Å². The van der Waals surface area contributed by atoms with Gasteiger partial charge in [0.05, 0.1) is 0 Å². The summed E-state index contributed by atoms with van der Waals surface area (Å²) in [5.74, 6) is -2.58. The Bertz CT molecular complexity index is 161. The summed E-state index contributed by atoms with van der Waals surface area (Å²) < 4.78 is 24.4. The van der Waals surface area contributed by atoms with Crippen molar-refractivity contribution in [1.29, 1.82) is 0 Å². The molecule has 0 rings (SSSR count). The van der Waals surface area contributed by atoms with Gasteiger partial charge in [0.2, 0.25) is 5.92 Å². The second-order valence-corrected chi connectivity index (χ2v) is 2.71. The van der Waals surface area contributed by atoms with Crippen LogP contribution in [0.2, 0.25) is 0 Å². The molecule has 0 atom stereocenters. The van der Waals surface area contributed by atoms with E-state index in [1.165, 1.54) is 6.08 Å². The average molecular weight is 160 g/mol. The Morgan fingerprint density at radius 3 is 2.36 bits per heavy atom. The van der Waals surface area contributed by atoms with E-state index in [4.69, 9.17) is 0 Å². The molecule has 0 heterocycles. The highest BCUT2D eigenvalue weighted by atomic mass is 19.3. The van der Waals surface area contributed by atoms with E-state index in [2.05, 4.69) is 0 Å². The van der Waals surface area contributed by atoms with Gasteiger partial charge >= 0.3 is 0 Å². The second kappa shape index (κ2) is 4.27. The maximum atomic E-state index is 12.2. The van der Waals surface area contributed by atoms with Gasteiger partial charge in [0.15, 0.2) is 0 Å². The molecule has 64 valence electrons. The Morgan fingerprint density at radius 1 is 1.45 bits per heavy atom. The molecule has 0 N–H and O–H groups in total. The third kappa shape index (κ3) is 7.23. The lowest BCUT2D eigenvalue weighted by atomic mass is 10.2. The van der Waals surface area contributed by atoms with E-state index in [1.807, 2.05) is 19.9 Å². The van der Waals surface area contributed by atoms with Crippen LogP contribution in [-0.4, -0.2) is 5.92 Å². The fourth-order valence-corrected chi connectivity index (χ4v) is 0.548. The molecule has 0 saturated heterocycles. The Balaban J connectivity index is 3.79. The minimum Gasteiger partial charge on any atom is -0.207 e. The van der Waals surface area contributed by atoms with E-state index < -0.39 is 5.92 Å². The number of hydrogen-bond donors (Lipinski definition) is 0. The van der Waals surface area contributed by atoms with Crippen molar-refractivity contribution >= 4 is 0 Å². The molecule has 0 unspecified atom stereocenters. The highest BCUT2D eigenvalue weighted by molar-refractivity contribution is 5.14. The van der Waals surface area contributed by atoms with Gasteiger partial charge in [0, 0.05) is 6.42 Å². The van der Waals surface area contributed by atoms with Gasteiger partial charge in [-0.15, -0.1) is 0 Å². The topological polar surface area (TPSA) is 0 Å². The van der Waals surface area contributed by atoms with Crippen LogP contribution >= 0.6 is 0 Å². The van der Waals surface area contributed by atoms with Crippen molar-refractivity contribution in [3.63, 3.8) is 0 Å². The maximum Gasteiger partial charge on any atom is 0.248 e. The largest absolute Gasteiger partial charge is 0.248 e. The van der Waals surface area contributed by atoms with Crippen LogP contribution in [0.3, 0.4) is 0 Å². The summed E-state index contributed by atoms with van der Waals surface area (Å²) in [5.41, 5.74) is 1.01. The summed E-state index contributed by atoms with van der Waals surface area (Å²) in [4.78, 5) is 0. The van der Waals surface area contributed by atoms with E-state index in [-0.39, 0.29) is 6.42 Å². The van der Waals surface area contributed by atoms with E-state index in [9.17, 15) is 8.78 Å². The van der Waals surface area contributed by atoms with Crippen molar-refractivity contribution in [3.05, 3.63) is 23.8 Å². The van der Waals surface area contributed by atoms with Crippen LogP contribution in [0.15, 0.2) is 23.8 Å². The van der Waals surface area contributed by atoms with E-state index >= 15 is 0 Å². The molecule has 0 saturated carbocycles. The van der Waals surface area contributed by atoms with Crippen molar-refractivity contribution < 1.29 is 8.78 Å². The van der Waals surface area contributed by atoms with Gasteiger partial charge in [0.1, 0.15) is 0 Å². The number of allylic oxidation sites excluding steroid dienone is 4. The van der Waals surface area contributed by atoms with E-state index in [0.29, 0.717) is 0 Å². The van der Waals surface area contributed by atoms with Gasteiger partial charge in [0.25, 0.3) is 0 Å². The fourth-order valence-electron chi connectivity index (χ4n) is 0.548. The molecule has 0 bridgehead atoms. The number of hydrogen-bond acceptors (Lipinski definition) is 0. The molecule has 2 heteroatoms. The first-order chi connectivity index (χ1) is 4.95. The fraction of sp³-hybridized carbons (Fsp3) is 0.556. The van der Waals surface area contributed by atoms with Gasteiger partial charge in [-0.3, -0.25) is 0 Å². The molecule has 0 aromatic rings. The highest BCUT2D eigenvalue weighted by Gasteiger charge is 2.17. The van der Waals surface area contributed by atoms with Gasteiger partial charge in [-0.2, -0.15) is 0 Å². The molecule has 0 aliphatic heterocycles. The van der Waals surface area contributed by atoms with Crippen molar-refractivity contribution in [3.8, 4) is 0 Å². The van der Waals surface area contributed by atoms with Crippen LogP contribution in [0.1, 0.15) is 27.2 Å². The molecule has 0 fully saturated rings. The van der Waals surface area contributed by atoms with Crippen molar-refractivity contribution in [1.82, 2.24) is 0 Å². The first-order valence-electron chi connectivity index (χ1n) is 3.63. The molecule has 0 aliphatic carbocycles. The van der Waals surface area contributed by atoms with Gasteiger partial charge in [-0.05, 0) is 20.8 Å². The summed E-state index contributed by atoms with van der Waals surface area (Å²) in [6.45, 7) is 4.68. The van der Waals surface area contributed by atoms with Crippen LogP contribution in [0, 0.1) is 0 Å². The van der Waals surface area contributed by atoms with Gasteiger partial charge < -0.3 is 0 Å². The highest BCUT2D eigenvalue weighted by Crippen LogP contribution is 2.17. The monoisotopic (exact) mass is 160 g/mol. The third-order valence-electron chi connectivity index (χ3n) is 1.31. The van der Waals surface area contributed by atoms with Crippen LogP contribution in [0.5, 0.6) is 0 Å². The molecule has 0 amide bonds. The van der Waals surface area contributed by atoms with Crippen LogP contribution in [0.25, 0.3) is 0 Å².